The highest BCUT2D eigenvalue weighted by Gasteiger charge is 2.20. The molecule has 1 N–H and O–H groups in total. The molecule has 2 atom stereocenters. The van der Waals surface area contributed by atoms with Crippen LogP contribution in [0.15, 0.2) is 24.3 Å². The van der Waals surface area contributed by atoms with Crippen LogP contribution in [0, 0.1) is 0 Å². The summed E-state index contributed by atoms with van der Waals surface area (Å²) in [6, 6.07) is 8.44. The summed E-state index contributed by atoms with van der Waals surface area (Å²) in [6.07, 6.45) is 2.42. The monoisotopic (exact) mass is 235 g/mol. The predicted octanol–water partition coefficient (Wildman–Crippen LogP) is 2.60. The smallest absolute Gasteiger partial charge is 0.161 e. The van der Waals surface area contributed by atoms with Crippen LogP contribution in [0.2, 0.25) is 0 Å². The van der Waals surface area contributed by atoms with Crippen molar-refractivity contribution in [1.29, 1.82) is 0 Å². The van der Waals surface area contributed by atoms with Crippen LogP contribution in [0.5, 0.6) is 11.5 Å². The molecule has 1 aromatic rings. The SMILES string of the molecule is CCOc1ccccc1OC1CCNC(C)C1. The van der Waals surface area contributed by atoms with Gasteiger partial charge in [0.05, 0.1) is 6.61 Å². The zero-order chi connectivity index (χ0) is 12.1. The summed E-state index contributed by atoms with van der Waals surface area (Å²) in [5.74, 6) is 1.72. The van der Waals surface area contributed by atoms with Crippen molar-refractivity contribution in [2.24, 2.45) is 0 Å². The highest BCUT2D eigenvalue weighted by molar-refractivity contribution is 5.39. The van der Waals surface area contributed by atoms with Gasteiger partial charge in [-0.2, -0.15) is 0 Å². The number of benzene rings is 1. The molecule has 17 heavy (non-hydrogen) atoms. The van der Waals surface area contributed by atoms with Crippen molar-refractivity contribution in [3.63, 3.8) is 0 Å². The Kier molecular flexibility index (Phi) is 4.26. The summed E-state index contributed by atoms with van der Waals surface area (Å²) in [5.41, 5.74) is 0. The Morgan fingerprint density at radius 1 is 1.29 bits per heavy atom. The highest BCUT2D eigenvalue weighted by atomic mass is 16.5. The first-order chi connectivity index (χ1) is 8.29. The molecule has 1 saturated heterocycles. The molecule has 3 nitrogen and oxygen atoms in total. The number of rotatable bonds is 4. The van der Waals surface area contributed by atoms with Gasteiger partial charge in [-0.25, -0.2) is 0 Å². The molecule has 0 bridgehead atoms. The summed E-state index contributed by atoms with van der Waals surface area (Å²) in [6.45, 7) is 5.89. The lowest BCUT2D eigenvalue weighted by atomic mass is 10.0. The molecule has 2 unspecified atom stereocenters. The van der Waals surface area contributed by atoms with Crippen LogP contribution >= 0.6 is 0 Å². The van der Waals surface area contributed by atoms with Gasteiger partial charge in [-0.1, -0.05) is 12.1 Å². The molecule has 0 spiro atoms. The largest absolute Gasteiger partial charge is 0.490 e. The maximum atomic E-state index is 6.04. The summed E-state index contributed by atoms with van der Waals surface area (Å²) in [4.78, 5) is 0. The number of piperidine rings is 1. The highest BCUT2D eigenvalue weighted by Crippen LogP contribution is 2.29. The number of hydrogen-bond donors (Lipinski definition) is 1. The van der Waals surface area contributed by atoms with Gasteiger partial charge in [-0.15, -0.1) is 0 Å². The lowest BCUT2D eigenvalue weighted by molar-refractivity contribution is 0.138. The fraction of sp³-hybridized carbons (Fsp3) is 0.571. The zero-order valence-electron chi connectivity index (χ0n) is 10.6. The number of ether oxygens (including phenoxy) is 2. The molecule has 0 saturated carbocycles. The Balaban J connectivity index is 2.01. The van der Waals surface area contributed by atoms with Crippen molar-refractivity contribution >= 4 is 0 Å². The Morgan fingerprint density at radius 3 is 2.76 bits per heavy atom. The van der Waals surface area contributed by atoms with Gasteiger partial charge in [-0.05, 0) is 45.4 Å². The average Bonchev–Trinajstić information content (AvgIpc) is 2.32. The number of nitrogens with one attached hydrogen (secondary N) is 1. The first-order valence-corrected chi connectivity index (χ1v) is 6.41. The molecule has 1 aliphatic rings. The minimum absolute atomic E-state index is 0.299. The Hall–Kier alpha value is -1.22. The van der Waals surface area contributed by atoms with Crippen molar-refractivity contribution in [3.05, 3.63) is 24.3 Å². The van der Waals surface area contributed by atoms with Crippen LogP contribution < -0.4 is 14.8 Å². The molecule has 0 aromatic heterocycles. The lowest BCUT2D eigenvalue weighted by Crippen LogP contribution is -2.40. The van der Waals surface area contributed by atoms with Crippen molar-refractivity contribution in [2.75, 3.05) is 13.2 Å². The molecular weight excluding hydrogens is 214 g/mol. The van der Waals surface area contributed by atoms with Crippen molar-refractivity contribution < 1.29 is 9.47 Å². The van der Waals surface area contributed by atoms with Crippen LogP contribution in [-0.4, -0.2) is 25.3 Å². The molecule has 2 rings (SSSR count). The van der Waals surface area contributed by atoms with Gasteiger partial charge in [0.15, 0.2) is 11.5 Å². The first kappa shape index (κ1) is 12.2. The number of para-hydroxylation sites is 2. The molecule has 3 heteroatoms. The van der Waals surface area contributed by atoms with E-state index in [4.69, 9.17) is 9.47 Å². The van der Waals surface area contributed by atoms with E-state index in [1.165, 1.54) is 0 Å². The Morgan fingerprint density at radius 2 is 2.06 bits per heavy atom. The van der Waals surface area contributed by atoms with E-state index in [0.717, 1.165) is 30.9 Å². The third-order valence-electron chi connectivity index (χ3n) is 3.02. The molecular formula is C14H21NO2. The van der Waals surface area contributed by atoms with Gasteiger partial charge < -0.3 is 14.8 Å². The first-order valence-electron chi connectivity index (χ1n) is 6.41. The second-order valence-corrected chi connectivity index (χ2v) is 4.50. The summed E-state index contributed by atoms with van der Waals surface area (Å²) in [5, 5.41) is 3.43. The van der Waals surface area contributed by atoms with Crippen LogP contribution in [0.4, 0.5) is 0 Å². The van der Waals surface area contributed by atoms with E-state index in [9.17, 15) is 0 Å². The van der Waals surface area contributed by atoms with Gasteiger partial charge in [0.2, 0.25) is 0 Å². The van der Waals surface area contributed by atoms with Gasteiger partial charge >= 0.3 is 0 Å². The molecule has 0 amide bonds. The topological polar surface area (TPSA) is 30.5 Å². The van der Waals surface area contributed by atoms with Gasteiger partial charge in [0.1, 0.15) is 6.10 Å². The maximum Gasteiger partial charge on any atom is 0.161 e. The lowest BCUT2D eigenvalue weighted by Gasteiger charge is -2.29. The summed E-state index contributed by atoms with van der Waals surface area (Å²) >= 11 is 0. The second kappa shape index (κ2) is 5.92. The van der Waals surface area contributed by atoms with E-state index >= 15 is 0 Å². The third kappa shape index (κ3) is 3.37. The van der Waals surface area contributed by atoms with E-state index in [2.05, 4.69) is 12.2 Å². The quantitative estimate of drug-likeness (QED) is 0.870. The van der Waals surface area contributed by atoms with Crippen molar-refractivity contribution in [2.45, 2.75) is 38.8 Å². The fourth-order valence-electron chi connectivity index (χ4n) is 2.20. The van der Waals surface area contributed by atoms with E-state index in [1.807, 2.05) is 31.2 Å². The summed E-state index contributed by atoms with van der Waals surface area (Å²) < 4.78 is 11.6. The summed E-state index contributed by atoms with van der Waals surface area (Å²) in [7, 11) is 0. The van der Waals surface area contributed by atoms with Crippen molar-refractivity contribution in [1.82, 2.24) is 5.32 Å². The normalized spacial score (nSPS) is 24.4. The maximum absolute atomic E-state index is 6.04. The Labute approximate surface area is 103 Å². The zero-order valence-corrected chi connectivity index (χ0v) is 10.6. The standard InChI is InChI=1S/C14H21NO2/c1-3-16-13-6-4-5-7-14(13)17-12-8-9-15-11(2)10-12/h4-7,11-12,15H,3,8-10H2,1-2H3. The molecule has 0 aliphatic carbocycles. The van der Waals surface area contributed by atoms with E-state index in [1.54, 1.807) is 0 Å². The molecule has 1 heterocycles. The van der Waals surface area contributed by atoms with Crippen molar-refractivity contribution in [3.8, 4) is 11.5 Å². The average molecular weight is 235 g/mol. The number of hydrogen-bond acceptors (Lipinski definition) is 3. The molecule has 1 fully saturated rings. The molecule has 1 aliphatic heterocycles. The minimum atomic E-state index is 0.299. The van der Waals surface area contributed by atoms with Crippen LogP contribution in [0.25, 0.3) is 0 Å². The van der Waals surface area contributed by atoms with Crippen LogP contribution in [0.1, 0.15) is 26.7 Å². The van der Waals surface area contributed by atoms with Crippen LogP contribution in [-0.2, 0) is 0 Å². The van der Waals surface area contributed by atoms with E-state index in [0.29, 0.717) is 18.8 Å². The van der Waals surface area contributed by atoms with Gasteiger partial charge in [-0.3, -0.25) is 0 Å². The molecule has 0 radical (unpaired) electrons. The molecule has 94 valence electrons. The predicted molar refractivity (Wildman–Crippen MR) is 68.7 cm³/mol. The Bertz CT molecular complexity index is 354. The fourth-order valence-corrected chi connectivity index (χ4v) is 2.20. The van der Waals surface area contributed by atoms with E-state index < -0.39 is 0 Å². The third-order valence-corrected chi connectivity index (χ3v) is 3.02. The molecule has 1 aromatic carbocycles. The van der Waals surface area contributed by atoms with Crippen LogP contribution in [0.3, 0.4) is 0 Å². The van der Waals surface area contributed by atoms with Gasteiger partial charge in [0, 0.05) is 6.04 Å². The van der Waals surface area contributed by atoms with Gasteiger partial charge in [0.25, 0.3) is 0 Å². The minimum Gasteiger partial charge on any atom is -0.490 e. The second-order valence-electron chi connectivity index (χ2n) is 4.50. The van der Waals surface area contributed by atoms with E-state index in [-0.39, 0.29) is 0 Å².